The number of nitrogens with one attached hydrogen (secondary N) is 1. The number of furan rings is 1. The molecule has 1 heterocycles. The Balaban J connectivity index is 0.00000242. The second kappa shape index (κ2) is 11.3. The number of hydrogen-bond acceptors (Lipinski definition) is 5. The fraction of sp³-hybridized carbons (Fsp3) is 0.375. The molecule has 0 saturated heterocycles. The van der Waals surface area contributed by atoms with Gasteiger partial charge in [-0.3, -0.25) is 0 Å². The largest absolute Gasteiger partial charge is 0.497 e. The molecule has 2 aromatic rings. The predicted octanol–water partition coefficient (Wildman–Crippen LogP) is 2.15. The van der Waals surface area contributed by atoms with Crippen molar-refractivity contribution in [2.75, 3.05) is 13.7 Å². The van der Waals surface area contributed by atoms with Crippen LogP contribution < -0.4 is 15.8 Å². The Morgan fingerprint density at radius 1 is 1.26 bits per heavy atom. The van der Waals surface area contributed by atoms with Gasteiger partial charge in [-0.05, 0) is 29.8 Å². The van der Waals surface area contributed by atoms with E-state index in [4.69, 9.17) is 14.9 Å². The Labute approximate surface area is 149 Å². The number of benzene rings is 1. The topological polar surface area (TPSA) is 80.6 Å². The summed E-state index contributed by atoms with van der Waals surface area (Å²) < 4.78 is 10.4. The molecule has 5 nitrogen and oxygen atoms in total. The summed E-state index contributed by atoms with van der Waals surface area (Å²) >= 11 is 0. The summed E-state index contributed by atoms with van der Waals surface area (Å²) in [5, 5.41) is 13.2. The second-order valence-corrected chi connectivity index (χ2v) is 5.00. The van der Waals surface area contributed by atoms with Crippen LogP contribution in [0.2, 0.25) is 0 Å². The van der Waals surface area contributed by atoms with Crippen LogP contribution in [-0.2, 0) is 13.0 Å². The number of aliphatic hydroxyl groups excluding tert-OH is 1. The minimum atomic E-state index is -0.624. The number of aliphatic hydroxyl groups is 1. The van der Waals surface area contributed by atoms with Crippen LogP contribution in [0.25, 0.3) is 0 Å². The van der Waals surface area contributed by atoms with E-state index in [0.29, 0.717) is 19.5 Å². The van der Waals surface area contributed by atoms with Crippen LogP contribution >= 0.6 is 24.8 Å². The van der Waals surface area contributed by atoms with Gasteiger partial charge < -0.3 is 25.3 Å². The molecule has 0 aliphatic rings. The van der Waals surface area contributed by atoms with Crippen LogP contribution in [0.3, 0.4) is 0 Å². The van der Waals surface area contributed by atoms with E-state index in [9.17, 15) is 5.11 Å². The number of nitrogens with two attached hydrogens (primary N) is 1. The highest BCUT2D eigenvalue weighted by Crippen LogP contribution is 2.12. The van der Waals surface area contributed by atoms with Gasteiger partial charge in [-0.1, -0.05) is 12.1 Å². The third kappa shape index (κ3) is 7.24. The van der Waals surface area contributed by atoms with E-state index < -0.39 is 6.10 Å². The van der Waals surface area contributed by atoms with E-state index in [1.54, 1.807) is 13.4 Å². The SMILES string of the molecule is COc1cccc(CNC[C@@H](O)[C@@H](N)Cc2ccco2)c1.Cl.Cl. The van der Waals surface area contributed by atoms with Gasteiger partial charge in [0.1, 0.15) is 11.5 Å². The van der Waals surface area contributed by atoms with Gasteiger partial charge >= 0.3 is 0 Å². The highest BCUT2D eigenvalue weighted by molar-refractivity contribution is 5.85. The lowest BCUT2D eigenvalue weighted by Gasteiger charge is -2.18. The summed E-state index contributed by atoms with van der Waals surface area (Å²) in [6.45, 7) is 1.08. The van der Waals surface area contributed by atoms with Crippen molar-refractivity contribution in [3.05, 3.63) is 54.0 Å². The van der Waals surface area contributed by atoms with Crippen molar-refractivity contribution in [2.24, 2.45) is 5.73 Å². The van der Waals surface area contributed by atoms with Crippen molar-refractivity contribution in [1.82, 2.24) is 5.32 Å². The quantitative estimate of drug-likeness (QED) is 0.670. The third-order valence-electron chi connectivity index (χ3n) is 3.33. The molecule has 0 bridgehead atoms. The van der Waals surface area contributed by atoms with E-state index >= 15 is 0 Å². The lowest BCUT2D eigenvalue weighted by Crippen LogP contribution is -2.42. The third-order valence-corrected chi connectivity index (χ3v) is 3.33. The first-order valence-corrected chi connectivity index (χ1v) is 6.98. The van der Waals surface area contributed by atoms with E-state index in [0.717, 1.165) is 17.1 Å². The summed E-state index contributed by atoms with van der Waals surface area (Å²) in [5.74, 6) is 1.61. The molecule has 0 aliphatic heterocycles. The van der Waals surface area contributed by atoms with Crippen molar-refractivity contribution in [3.8, 4) is 5.75 Å². The minimum absolute atomic E-state index is 0. The van der Waals surface area contributed by atoms with Crippen LogP contribution in [0.4, 0.5) is 0 Å². The lowest BCUT2D eigenvalue weighted by atomic mass is 10.1. The van der Waals surface area contributed by atoms with Crippen molar-refractivity contribution < 1.29 is 14.3 Å². The maximum atomic E-state index is 10.0. The Hall–Kier alpha value is -1.24. The van der Waals surface area contributed by atoms with E-state index in [1.807, 2.05) is 36.4 Å². The number of rotatable bonds is 8. The van der Waals surface area contributed by atoms with Gasteiger partial charge in [-0.2, -0.15) is 0 Å². The van der Waals surface area contributed by atoms with E-state index in [2.05, 4.69) is 5.32 Å². The number of ether oxygens (including phenoxy) is 1. The highest BCUT2D eigenvalue weighted by Gasteiger charge is 2.16. The second-order valence-electron chi connectivity index (χ2n) is 5.00. The fourth-order valence-corrected chi connectivity index (χ4v) is 2.10. The Bertz CT molecular complexity index is 538. The first-order valence-electron chi connectivity index (χ1n) is 6.98. The van der Waals surface area contributed by atoms with Gasteiger partial charge in [-0.15, -0.1) is 24.8 Å². The van der Waals surface area contributed by atoms with Gasteiger partial charge in [0.2, 0.25) is 0 Å². The minimum Gasteiger partial charge on any atom is -0.497 e. The van der Waals surface area contributed by atoms with Gasteiger partial charge in [0, 0.05) is 25.6 Å². The van der Waals surface area contributed by atoms with Crippen LogP contribution in [-0.4, -0.2) is 30.9 Å². The first kappa shape index (κ1) is 21.8. The maximum absolute atomic E-state index is 10.0. The molecule has 0 fully saturated rings. The molecule has 0 unspecified atom stereocenters. The standard InChI is InChI=1S/C16H22N2O3.2ClH/c1-20-13-5-2-4-12(8-13)10-18-11-16(19)15(17)9-14-6-3-7-21-14;;/h2-8,15-16,18-19H,9-11,17H2,1H3;2*1H/t15-,16+;;/m0../s1. The highest BCUT2D eigenvalue weighted by atomic mass is 35.5. The van der Waals surface area contributed by atoms with E-state index in [1.165, 1.54) is 0 Å². The summed E-state index contributed by atoms with van der Waals surface area (Å²) in [6, 6.07) is 11.1. The smallest absolute Gasteiger partial charge is 0.119 e. The van der Waals surface area contributed by atoms with Gasteiger partial charge in [0.25, 0.3) is 0 Å². The molecular formula is C16H24Cl2N2O3. The van der Waals surface area contributed by atoms with Crippen LogP contribution in [0.1, 0.15) is 11.3 Å². The first-order chi connectivity index (χ1) is 10.2. The average molecular weight is 363 g/mol. The summed E-state index contributed by atoms with van der Waals surface area (Å²) in [7, 11) is 1.64. The lowest BCUT2D eigenvalue weighted by molar-refractivity contribution is 0.139. The van der Waals surface area contributed by atoms with Crippen LogP contribution in [0.5, 0.6) is 5.75 Å². The summed E-state index contributed by atoms with van der Waals surface area (Å²) in [5.41, 5.74) is 7.06. The molecule has 2 rings (SSSR count). The molecule has 1 aromatic heterocycles. The molecule has 2 atom stereocenters. The molecule has 0 aliphatic carbocycles. The van der Waals surface area contributed by atoms with Gasteiger partial charge in [0.15, 0.2) is 0 Å². The van der Waals surface area contributed by atoms with Crippen molar-refractivity contribution >= 4 is 24.8 Å². The molecule has 0 saturated carbocycles. The molecule has 0 spiro atoms. The molecule has 0 radical (unpaired) electrons. The monoisotopic (exact) mass is 362 g/mol. The zero-order valence-electron chi connectivity index (χ0n) is 13.0. The normalized spacial score (nSPS) is 12.7. The van der Waals surface area contributed by atoms with Gasteiger partial charge in [-0.25, -0.2) is 0 Å². The maximum Gasteiger partial charge on any atom is 0.119 e. The fourth-order valence-electron chi connectivity index (χ4n) is 2.10. The van der Waals surface area contributed by atoms with Gasteiger partial charge in [0.05, 0.1) is 19.5 Å². The van der Waals surface area contributed by atoms with Crippen molar-refractivity contribution in [2.45, 2.75) is 25.1 Å². The molecule has 0 amide bonds. The summed E-state index contributed by atoms with van der Waals surface area (Å²) in [4.78, 5) is 0. The molecule has 1 aromatic carbocycles. The van der Waals surface area contributed by atoms with Crippen molar-refractivity contribution in [3.63, 3.8) is 0 Å². The molecule has 130 valence electrons. The Kier molecular flexibility index (Phi) is 10.7. The average Bonchev–Trinajstić information content (AvgIpc) is 3.00. The van der Waals surface area contributed by atoms with Crippen LogP contribution in [0, 0.1) is 0 Å². The summed E-state index contributed by atoms with van der Waals surface area (Å²) in [6.07, 6.45) is 1.51. The Morgan fingerprint density at radius 2 is 2.04 bits per heavy atom. The molecule has 23 heavy (non-hydrogen) atoms. The number of halogens is 2. The van der Waals surface area contributed by atoms with Crippen molar-refractivity contribution in [1.29, 1.82) is 0 Å². The zero-order valence-corrected chi connectivity index (χ0v) is 14.6. The number of methoxy groups -OCH3 is 1. The molecule has 7 heteroatoms. The Morgan fingerprint density at radius 3 is 2.70 bits per heavy atom. The van der Waals surface area contributed by atoms with Crippen LogP contribution in [0.15, 0.2) is 47.1 Å². The number of hydrogen-bond donors (Lipinski definition) is 3. The molecular weight excluding hydrogens is 339 g/mol. The predicted molar refractivity (Wildman–Crippen MR) is 95.6 cm³/mol. The zero-order chi connectivity index (χ0) is 15.1. The van der Waals surface area contributed by atoms with E-state index in [-0.39, 0.29) is 30.9 Å². The molecule has 4 N–H and O–H groups in total.